The van der Waals surface area contributed by atoms with E-state index in [1.807, 2.05) is 6.07 Å². The molecule has 0 spiro atoms. The van der Waals surface area contributed by atoms with Crippen molar-refractivity contribution in [2.45, 2.75) is 4.90 Å². The summed E-state index contributed by atoms with van der Waals surface area (Å²) in [5.74, 6) is 1.16. The summed E-state index contributed by atoms with van der Waals surface area (Å²) in [5.41, 5.74) is 0.707. The fourth-order valence-corrected chi connectivity index (χ4v) is 3.29. The maximum atomic E-state index is 12.5. The van der Waals surface area contributed by atoms with Crippen LogP contribution in [0.15, 0.2) is 71.8 Å². The Morgan fingerprint density at radius 1 is 1.00 bits per heavy atom. The quantitative estimate of drug-likeness (QED) is 0.701. The summed E-state index contributed by atoms with van der Waals surface area (Å²) in [5, 5.41) is 9.05. The van der Waals surface area contributed by atoms with Crippen molar-refractivity contribution in [3.05, 3.63) is 72.4 Å². The van der Waals surface area contributed by atoms with Crippen LogP contribution in [0, 0.1) is 11.3 Å². The van der Waals surface area contributed by atoms with E-state index in [1.165, 1.54) is 37.6 Å². The van der Waals surface area contributed by atoms with Gasteiger partial charge in [-0.05, 0) is 60.7 Å². The lowest BCUT2D eigenvalue weighted by Gasteiger charge is -2.10. The van der Waals surface area contributed by atoms with Crippen LogP contribution in [-0.2, 0) is 10.0 Å². The Balaban J connectivity index is 1.76. The minimum absolute atomic E-state index is 0.0761. The summed E-state index contributed by atoms with van der Waals surface area (Å²) in [4.78, 5) is 4.08. The standard InChI is InChI=1S/C19H15N3O4S/c1-25-16-6-4-15(5-7-16)22-27(23,24)18-10-8-17(9-11-18)26-19-14(13-20)3-2-12-21-19/h2-12,22H,1H3. The van der Waals surface area contributed by atoms with Gasteiger partial charge >= 0.3 is 0 Å². The lowest BCUT2D eigenvalue weighted by molar-refractivity contribution is 0.415. The zero-order chi connectivity index (χ0) is 19.3. The highest BCUT2D eigenvalue weighted by molar-refractivity contribution is 7.92. The van der Waals surface area contributed by atoms with Crippen molar-refractivity contribution in [2.75, 3.05) is 11.8 Å². The van der Waals surface area contributed by atoms with E-state index in [0.717, 1.165) is 0 Å². The molecule has 8 heteroatoms. The molecule has 0 unspecified atom stereocenters. The first-order valence-electron chi connectivity index (χ1n) is 7.82. The molecule has 3 rings (SSSR count). The van der Waals surface area contributed by atoms with Crippen LogP contribution in [0.4, 0.5) is 5.69 Å². The van der Waals surface area contributed by atoms with E-state index >= 15 is 0 Å². The molecule has 27 heavy (non-hydrogen) atoms. The van der Waals surface area contributed by atoms with Gasteiger partial charge in [0, 0.05) is 11.9 Å². The van der Waals surface area contributed by atoms with Gasteiger partial charge in [0.25, 0.3) is 10.0 Å². The molecule has 7 nitrogen and oxygen atoms in total. The first kappa shape index (κ1) is 18.2. The van der Waals surface area contributed by atoms with Gasteiger partial charge in [0.1, 0.15) is 23.1 Å². The maximum absolute atomic E-state index is 12.5. The van der Waals surface area contributed by atoms with Crippen LogP contribution in [0.25, 0.3) is 0 Å². The SMILES string of the molecule is COc1ccc(NS(=O)(=O)c2ccc(Oc3ncccc3C#N)cc2)cc1. The first-order chi connectivity index (χ1) is 13.0. The molecule has 3 aromatic rings. The molecule has 1 N–H and O–H groups in total. The van der Waals surface area contributed by atoms with Crippen LogP contribution >= 0.6 is 0 Å². The molecule has 0 radical (unpaired) electrons. The van der Waals surface area contributed by atoms with Crippen molar-refractivity contribution in [1.82, 2.24) is 4.98 Å². The third-order valence-electron chi connectivity index (χ3n) is 3.58. The van der Waals surface area contributed by atoms with Crippen LogP contribution in [0.3, 0.4) is 0 Å². The average Bonchev–Trinajstić information content (AvgIpc) is 2.69. The van der Waals surface area contributed by atoms with E-state index in [4.69, 9.17) is 14.7 Å². The number of anilines is 1. The molecule has 0 amide bonds. The van der Waals surface area contributed by atoms with Crippen molar-refractivity contribution in [2.24, 2.45) is 0 Å². The Morgan fingerprint density at radius 2 is 1.67 bits per heavy atom. The number of ether oxygens (including phenoxy) is 2. The largest absolute Gasteiger partial charge is 0.497 e. The van der Waals surface area contributed by atoms with E-state index in [2.05, 4.69) is 9.71 Å². The second-order valence-electron chi connectivity index (χ2n) is 5.38. The van der Waals surface area contributed by atoms with Crippen molar-refractivity contribution >= 4 is 15.7 Å². The van der Waals surface area contributed by atoms with Gasteiger partial charge in [-0.15, -0.1) is 0 Å². The summed E-state index contributed by atoms with van der Waals surface area (Å²) >= 11 is 0. The van der Waals surface area contributed by atoms with Crippen molar-refractivity contribution in [3.63, 3.8) is 0 Å². The van der Waals surface area contributed by atoms with Gasteiger partial charge in [-0.1, -0.05) is 0 Å². The molecule has 136 valence electrons. The second-order valence-corrected chi connectivity index (χ2v) is 7.06. The highest BCUT2D eigenvalue weighted by Gasteiger charge is 2.15. The first-order valence-corrected chi connectivity index (χ1v) is 9.30. The molecule has 2 aromatic carbocycles. The third-order valence-corrected chi connectivity index (χ3v) is 4.98. The average molecular weight is 381 g/mol. The number of hydrogen-bond acceptors (Lipinski definition) is 6. The molecular formula is C19H15N3O4S. The summed E-state index contributed by atoms with van der Waals surface area (Å²) in [6.07, 6.45) is 1.51. The summed E-state index contributed by atoms with van der Waals surface area (Å²) in [6, 6.07) is 17.6. The number of methoxy groups -OCH3 is 1. The van der Waals surface area contributed by atoms with Crippen LogP contribution in [0.1, 0.15) is 5.56 Å². The number of nitrogens with one attached hydrogen (secondary N) is 1. The molecule has 0 aliphatic carbocycles. The fourth-order valence-electron chi connectivity index (χ4n) is 2.23. The van der Waals surface area contributed by atoms with Gasteiger partial charge in [0.2, 0.25) is 5.88 Å². The van der Waals surface area contributed by atoms with E-state index in [-0.39, 0.29) is 16.3 Å². The van der Waals surface area contributed by atoms with E-state index in [0.29, 0.717) is 17.2 Å². The number of nitrogens with zero attached hydrogens (tertiary/aromatic N) is 2. The van der Waals surface area contributed by atoms with Gasteiger partial charge in [-0.3, -0.25) is 4.72 Å². The molecular weight excluding hydrogens is 366 g/mol. The van der Waals surface area contributed by atoms with Crippen molar-refractivity contribution in [1.29, 1.82) is 5.26 Å². The Bertz CT molecular complexity index is 1070. The zero-order valence-electron chi connectivity index (χ0n) is 14.3. The van der Waals surface area contributed by atoms with Crippen LogP contribution in [0.2, 0.25) is 0 Å². The number of benzene rings is 2. The van der Waals surface area contributed by atoms with Crippen LogP contribution in [0.5, 0.6) is 17.4 Å². The number of pyridine rings is 1. The Morgan fingerprint density at radius 3 is 2.30 bits per heavy atom. The number of rotatable bonds is 6. The lowest BCUT2D eigenvalue weighted by Crippen LogP contribution is -2.12. The molecule has 0 aliphatic heterocycles. The summed E-state index contributed by atoms with van der Waals surface area (Å²) in [6.45, 7) is 0. The minimum Gasteiger partial charge on any atom is -0.497 e. The van der Waals surface area contributed by atoms with Crippen LogP contribution < -0.4 is 14.2 Å². The van der Waals surface area contributed by atoms with Gasteiger partial charge in [-0.25, -0.2) is 13.4 Å². The molecule has 0 bridgehead atoms. The second kappa shape index (κ2) is 7.76. The Hall–Kier alpha value is -3.57. The van der Waals surface area contributed by atoms with E-state index in [1.54, 1.807) is 36.4 Å². The van der Waals surface area contributed by atoms with E-state index in [9.17, 15) is 8.42 Å². The Labute approximate surface area is 156 Å². The fraction of sp³-hybridized carbons (Fsp3) is 0.0526. The molecule has 0 saturated heterocycles. The lowest BCUT2D eigenvalue weighted by atomic mass is 10.3. The van der Waals surface area contributed by atoms with Gasteiger partial charge in [-0.2, -0.15) is 5.26 Å². The van der Waals surface area contributed by atoms with Gasteiger partial charge in [0.05, 0.1) is 12.0 Å². The molecule has 0 fully saturated rings. The predicted molar refractivity (Wildman–Crippen MR) is 99.3 cm³/mol. The Kier molecular flexibility index (Phi) is 5.24. The summed E-state index contributed by atoms with van der Waals surface area (Å²) < 4.78 is 38.1. The summed E-state index contributed by atoms with van der Waals surface area (Å²) in [7, 11) is -2.21. The number of nitriles is 1. The third kappa shape index (κ3) is 4.34. The maximum Gasteiger partial charge on any atom is 0.261 e. The highest BCUT2D eigenvalue weighted by Crippen LogP contribution is 2.25. The molecule has 0 aliphatic rings. The van der Waals surface area contributed by atoms with Gasteiger partial charge < -0.3 is 9.47 Å². The van der Waals surface area contributed by atoms with E-state index < -0.39 is 10.0 Å². The number of hydrogen-bond donors (Lipinski definition) is 1. The van der Waals surface area contributed by atoms with Crippen molar-refractivity contribution in [3.8, 4) is 23.4 Å². The molecule has 0 saturated carbocycles. The topological polar surface area (TPSA) is 101 Å². The predicted octanol–water partition coefficient (Wildman–Crippen LogP) is 3.55. The molecule has 1 aromatic heterocycles. The van der Waals surface area contributed by atoms with Gasteiger partial charge in [0.15, 0.2) is 0 Å². The number of sulfonamides is 1. The van der Waals surface area contributed by atoms with Crippen LogP contribution in [-0.4, -0.2) is 20.5 Å². The monoisotopic (exact) mass is 381 g/mol. The minimum atomic E-state index is -3.75. The molecule has 1 heterocycles. The van der Waals surface area contributed by atoms with Crippen molar-refractivity contribution < 1.29 is 17.9 Å². The zero-order valence-corrected chi connectivity index (χ0v) is 15.1. The molecule has 0 atom stereocenters. The highest BCUT2D eigenvalue weighted by atomic mass is 32.2. The number of aromatic nitrogens is 1. The normalized spacial score (nSPS) is 10.7. The smallest absolute Gasteiger partial charge is 0.261 e.